The van der Waals surface area contributed by atoms with Gasteiger partial charge in [-0.2, -0.15) is 0 Å². The van der Waals surface area contributed by atoms with Gasteiger partial charge in [0.1, 0.15) is 11.4 Å². The maximum absolute atomic E-state index is 14.8. The Morgan fingerprint density at radius 1 is 1.28 bits per heavy atom. The first kappa shape index (κ1) is 24.5. The summed E-state index contributed by atoms with van der Waals surface area (Å²) in [5, 5.41) is -0.0842. The standard InChI is InChI=1S/C25H24FN7O3/c1-3-7-28-13-18(27)21-22-20(17(26)12-31-21)16(11-30-22)23(34)25(36)33-10-9-32(14-15(33)2)24(35)19-6-4-5-8-29-19/h3-8,11-13,15,30H,1,9-10,14,27H2,2H3/b18-13-,28-7-/t15-/m1/s1. The number of Topliss-reactive ketones (excluding diaryl/α,β-unsaturated/α-hetero) is 1. The molecule has 1 saturated heterocycles. The number of nitrogens with two attached hydrogens (primary N) is 1. The fourth-order valence-corrected chi connectivity index (χ4v) is 4.09. The van der Waals surface area contributed by atoms with E-state index in [1.807, 2.05) is 0 Å². The third kappa shape index (κ3) is 4.63. The van der Waals surface area contributed by atoms with Crippen molar-refractivity contribution in [3.8, 4) is 0 Å². The van der Waals surface area contributed by atoms with E-state index in [2.05, 4.69) is 26.5 Å². The van der Waals surface area contributed by atoms with Crippen molar-refractivity contribution in [2.24, 2.45) is 10.7 Å². The van der Waals surface area contributed by atoms with E-state index < -0.39 is 23.5 Å². The topological polar surface area (TPSA) is 138 Å². The van der Waals surface area contributed by atoms with Crippen molar-refractivity contribution in [1.82, 2.24) is 24.8 Å². The van der Waals surface area contributed by atoms with Gasteiger partial charge in [-0.05, 0) is 19.1 Å². The van der Waals surface area contributed by atoms with Crippen LogP contribution in [0.3, 0.4) is 0 Å². The highest BCUT2D eigenvalue weighted by molar-refractivity contribution is 6.45. The maximum atomic E-state index is 14.8. The summed E-state index contributed by atoms with van der Waals surface area (Å²) >= 11 is 0. The lowest BCUT2D eigenvalue weighted by atomic mass is 10.1. The number of aromatic amines is 1. The van der Waals surface area contributed by atoms with E-state index in [0.29, 0.717) is 5.69 Å². The average Bonchev–Trinajstić information content (AvgIpc) is 3.34. The molecule has 1 aliphatic heterocycles. The Labute approximate surface area is 206 Å². The molecule has 4 heterocycles. The Bertz CT molecular complexity index is 1400. The molecule has 0 bridgehead atoms. The zero-order chi connectivity index (χ0) is 25.8. The third-order valence-corrected chi connectivity index (χ3v) is 5.84. The molecule has 11 heteroatoms. The van der Waals surface area contributed by atoms with Crippen LogP contribution in [0.4, 0.5) is 4.39 Å². The lowest BCUT2D eigenvalue weighted by molar-refractivity contribution is -0.130. The van der Waals surface area contributed by atoms with Gasteiger partial charge < -0.3 is 20.5 Å². The maximum Gasteiger partial charge on any atom is 0.295 e. The molecular formula is C25H24FN7O3. The number of allylic oxidation sites excluding steroid dienone is 1. The van der Waals surface area contributed by atoms with Crippen molar-refractivity contribution in [2.45, 2.75) is 13.0 Å². The van der Waals surface area contributed by atoms with Crippen molar-refractivity contribution in [3.63, 3.8) is 0 Å². The van der Waals surface area contributed by atoms with Crippen LogP contribution < -0.4 is 5.73 Å². The summed E-state index contributed by atoms with van der Waals surface area (Å²) in [6.07, 6.45) is 7.95. The second-order valence-electron chi connectivity index (χ2n) is 8.17. The number of hydrogen-bond acceptors (Lipinski definition) is 7. The lowest BCUT2D eigenvalue weighted by Crippen LogP contribution is -2.56. The number of nitrogens with one attached hydrogen (secondary N) is 1. The first-order chi connectivity index (χ1) is 17.3. The van der Waals surface area contributed by atoms with E-state index in [4.69, 9.17) is 5.73 Å². The Balaban J connectivity index is 1.55. The van der Waals surface area contributed by atoms with Gasteiger partial charge in [0.2, 0.25) is 0 Å². The highest BCUT2D eigenvalue weighted by Gasteiger charge is 2.35. The molecule has 3 N–H and O–H groups in total. The van der Waals surface area contributed by atoms with Gasteiger partial charge in [-0.3, -0.25) is 24.4 Å². The van der Waals surface area contributed by atoms with E-state index in [9.17, 15) is 18.8 Å². The fourth-order valence-electron chi connectivity index (χ4n) is 4.09. The minimum atomic E-state index is -0.874. The van der Waals surface area contributed by atoms with Gasteiger partial charge in [-0.15, -0.1) is 0 Å². The van der Waals surface area contributed by atoms with E-state index in [-0.39, 0.29) is 53.4 Å². The number of amides is 2. The molecule has 1 atom stereocenters. The zero-order valence-corrected chi connectivity index (χ0v) is 19.5. The van der Waals surface area contributed by atoms with Crippen LogP contribution in [0, 0.1) is 5.82 Å². The summed E-state index contributed by atoms with van der Waals surface area (Å²) in [5.74, 6) is -2.68. The van der Waals surface area contributed by atoms with Crippen LogP contribution in [-0.4, -0.2) is 74.2 Å². The minimum Gasteiger partial charge on any atom is -0.396 e. The molecule has 0 saturated carbocycles. The molecule has 0 radical (unpaired) electrons. The SMILES string of the molecule is C=C/C=N\C=C(/N)c1ncc(F)c2c(C(=O)C(=O)N3CCN(C(=O)c4ccccn4)C[C@H]3C)c[nH]c12. The Morgan fingerprint density at radius 3 is 2.78 bits per heavy atom. The van der Waals surface area contributed by atoms with Crippen molar-refractivity contribution >= 4 is 40.4 Å². The molecule has 2 amide bonds. The van der Waals surface area contributed by atoms with Crippen LogP contribution in [0.15, 0.2) is 60.6 Å². The summed E-state index contributed by atoms with van der Waals surface area (Å²) in [6.45, 7) is 5.88. The number of carbonyl (C=O) groups is 3. The summed E-state index contributed by atoms with van der Waals surface area (Å²) in [6, 6.07) is 4.63. The average molecular weight is 490 g/mol. The minimum absolute atomic E-state index is 0.0842. The van der Waals surface area contributed by atoms with Crippen LogP contribution >= 0.6 is 0 Å². The second kappa shape index (κ2) is 10.3. The lowest BCUT2D eigenvalue weighted by Gasteiger charge is -2.39. The first-order valence-electron chi connectivity index (χ1n) is 11.1. The van der Waals surface area contributed by atoms with Gasteiger partial charge in [-0.25, -0.2) is 9.37 Å². The van der Waals surface area contributed by atoms with Gasteiger partial charge in [0.15, 0.2) is 5.82 Å². The monoisotopic (exact) mass is 489 g/mol. The number of pyridine rings is 2. The molecular weight excluding hydrogens is 465 g/mol. The van der Waals surface area contributed by atoms with Crippen LogP contribution in [0.5, 0.6) is 0 Å². The van der Waals surface area contributed by atoms with E-state index in [0.717, 1.165) is 6.20 Å². The number of carbonyl (C=O) groups excluding carboxylic acids is 3. The Morgan fingerprint density at radius 2 is 2.08 bits per heavy atom. The first-order valence-corrected chi connectivity index (χ1v) is 11.1. The Hall–Kier alpha value is -4.67. The molecule has 0 aliphatic carbocycles. The van der Waals surface area contributed by atoms with Crippen molar-refractivity contribution in [3.05, 3.63) is 78.4 Å². The predicted molar refractivity (Wildman–Crippen MR) is 133 cm³/mol. The molecule has 1 aliphatic rings. The molecule has 10 nitrogen and oxygen atoms in total. The van der Waals surface area contributed by atoms with Gasteiger partial charge in [0, 0.05) is 44.3 Å². The number of H-pyrrole nitrogens is 1. The summed E-state index contributed by atoms with van der Waals surface area (Å²) in [4.78, 5) is 56.8. The number of piperazine rings is 1. The summed E-state index contributed by atoms with van der Waals surface area (Å²) < 4.78 is 14.8. The number of halogens is 1. The number of ketones is 1. The zero-order valence-electron chi connectivity index (χ0n) is 19.5. The molecule has 36 heavy (non-hydrogen) atoms. The number of aliphatic imine (C=N–C) groups is 1. The van der Waals surface area contributed by atoms with Crippen molar-refractivity contribution in [2.75, 3.05) is 19.6 Å². The highest BCUT2D eigenvalue weighted by Crippen LogP contribution is 2.27. The smallest absolute Gasteiger partial charge is 0.295 e. The summed E-state index contributed by atoms with van der Waals surface area (Å²) in [7, 11) is 0. The van der Waals surface area contributed by atoms with E-state index >= 15 is 0 Å². The number of nitrogens with zero attached hydrogens (tertiary/aromatic N) is 5. The number of fused-ring (bicyclic) bond motifs is 1. The largest absolute Gasteiger partial charge is 0.396 e. The van der Waals surface area contributed by atoms with Crippen LogP contribution in [0.1, 0.15) is 33.5 Å². The van der Waals surface area contributed by atoms with Gasteiger partial charge >= 0.3 is 0 Å². The van der Waals surface area contributed by atoms with Gasteiger partial charge in [-0.1, -0.05) is 18.7 Å². The third-order valence-electron chi connectivity index (χ3n) is 5.84. The molecule has 0 unspecified atom stereocenters. The number of aromatic nitrogens is 3. The number of rotatable bonds is 6. The predicted octanol–water partition coefficient (Wildman–Crippen LogP) is 2.17. The second-order valence-corrected chi connectivity index (χ2v) is 8.17. The Kier molecular flexibility index (Phi) is 7.00. The molecule has 4 rings (SSSR count). The molecule has 184 valence electrons. The van der Waals surface area contributed by atoms with Crippen LogP contribution in [-0.2, 0) is 4.79 Å². The summed E-state index contributed by atoms with van der Waals surface area (Å²) in [5.41, 5.74) is 6.70. The molecule has 3 aromatic rings. The highest BCUT2D eigenvalue weighted by atomic mass is 19.1. The van der Waals surface area contributed by atoms with Crippen LogP contribution in [0.2, 0.25) is 0 Å². The number of hydrogen-bond donors (Lipinski definition) is 2. The van der Waals surface area contributed by atoms with E-state index in [1.54, 1.807) is 30.0 Å². The van der Waals surface area contributed by atoms with Crippen LogP contribution in [0.25, 0.3) is 16.6 Å². The fraction of sp³-hybridized carbons (Fsp3) is 0.200. The normalized spacial score (nSPS) is 16.5. The van der Waals surface area contributed by atoms with Crippen molar-refractivity contribution < 1.29 is 18.8 Å². The molecule has 0 spiro atoms. The molecule has 1 fully saturated rings. The van der Waals surface area contributed by atoms with Gasteiger partial charge in [0.25, 0.3) is 17.6 Å². The molecule has 3 aromatic heterocycles. The van der Waals surface area contributed by atoms with Crippen molar-refractivity contribution in [1.29, 1.82) is 0 Å². The quantitative estimate of drug-likeness (QED) is 0.309. The van der Waals surface area contributed by atoms with E-state index in [1.165, 1.54) is 35.8 Å². The van der Waals surface area contributed by atoms with Gasteiger partial charge in [0.05, 0.1) is 34.6 Å². The molecule has 0 aromatic carbocycles.